The minimum absolute atomic E-state index is 0.125. The third kappa shape index (κ3) is 18.3. The average molecular weight is 793 g/mol. The quantitative estimate of drug-likeness (QED) is 0.308. The summed E-state index contributed by atoms with van der Waals surface area (Å²) in [4.78, 5) is 10.1. The second kappa shape index (κ2) is 26.8. The van der Waals surface area contributed by atoms with E-state index in [1.165, 1.54) is 165 Å². The predicted octanol–water partition coefficient (Wildman–Crippen LogP) is 16.8. The highest BCUT2D eigenvalue weighted by molar-refractivity contribution is 7.40. The van der Waals surface area contributed by atoms with Crippen LogP contribution in [0.3, 0.4) is 0 Å². The zero-order chi connectivity index (χ0) is 40.8. The van der Waals surface area contributed by atoms with Crippen LogP contribution in [0.4, 0.5) is 0 Å². The zero-order valence-electron chi connectivity index (χ0n) is 38.4. The van der Waals surface area contributed by atoms with Crippen molar-refractivity contribution in [2.45, 2.75) is 246 Å². The molecule has 320 valence electrons. The van der Waals surface area contributed by atoms with Gasteiger partial charge in [-0.25, -0.2) is 0 Å². The Morgan fingerprint density at radius 2 is 0.804 bits per heavy atom. The maximum atomic E-state index is 10.1. The number of benzene rings is 2. The standard InChI is InChI=1S/C52H89O3P/c1-10-33-46-47-40-49(51(4,5)6)44(38-42(47)2)34-29-25-21-17-13-11-15-19-23-27-31-36-54-56(53)55-37-32-28-24-20-16-12-14-18-22-26-30-35-45-39-43(3)48(46)41-50(45)52(7,8)9/h38-41,46,53H,10-37H2,1-9H3. The number of hydrogen-bond acceptors (Lipinski definition) is 3. The van der Waals surface area contributed by atoms with Crippen LogP contribution in [0.1, 0.15) is 253 Å². The first-order valence-electron chi connectivity index (χ1n) is 23.9. The van der Waals surface area contributed by atoms with Crippen molar-refractivity contribution in [2.24, 2.45) is 0 Å². The van der Waals surface area contributed by atoms with Crippen molar-refractivity contribution in [3.8, 4) is 0 Å². The SMILES string of the molecule is CCCC1c2cc(C(C)(C)C)c(cc2C)CCCCCCCCCCCCCOP(O)OCCCCCCCCCCCCCc2cc(C)c1cc2C(C)(C)C. The monoisotopic (exact) mass is 793 g/mol. The summed E-state index contributed by atoms with van der Waals surface area (Å²) in [6, 6.07) is 10.5. The van der Waals surface area contributed by atoms with E-state index in [1.807, 2.05) is 0 Å². The number of aryl methyl sites for hydroxylation is 4. The maximum absolute atomic E-state index is 10.1. The Hall–Kier alpha value is -1.25. The molecule has 3 aliphatic heterocycles. The van der Waals surface area contributed by atoms with Gasteiger partial charge in [0.2, 0.25) is 0 Å². The molecule has 0 spiro atoms. The summed E-state index contributed by atoms with van der Waals surface area (Å²) in [5.74, 6) is 0.439. The maximum Gasteiger partial charge on any atom is 0.329 e. The Kier molecular flexibility index (Phi) is 23.5. The van der Waals surface area contributed by atoms with E-state index in [0.717, 1.165) is 12.8 Å². The molecule has 2 aromatic carbocycles. The molecule has 3 heterocycles. The first kappa shape index (κ1) is 49.1. The van der Waals surface area contributed by atoms with Crippen molar-refractivity contribution in [3.05, 3.63) is 68.8 Å². The van der Waals surface area contributed by atoms with E-state index in [1.54, 1.807) is 33.4 Å². The van der Waals surface area contributed by atoms with Gasteiger partial charge in [0.1, 0.15) is 0 Å². The lowest BCUT2D eigenvalue weighted by atomic mass is 9.74. The first-order valence-corrected chi connectivity index (χ1v) is 25.0. The van der Waals surface area contributed by atoms with E-state index in [-0.39, 0.29) is 10.8 Å². The van der Waals surface area contributed by atoms with Gasteiger partial charge < -0.3 is 13.9 Å². The average Bonchev–Trinajstić information content (AvgIpc) is 3.13. The van der Waals surface area contributed by atoms with E-state index in [2.05, 4.69) is 86.6 Å². The highest BCUT2D eigenvalue weighted by Gasteiger charge is 2.27. The molecule has 4 bridgehead atoms. The third-order valence-corrected chi connectivity index (χ3v) is 13.3. The molecular formula is C52H89O3P. The van der Waals surface area contributed by atoms with Crippen LogP contribution >= 0.6 is 8.60 Å². The largest absolute Gasteiger partial charge is 0.329 e. The lowest BCUT2D eigenvalue weighted by molar-refractivity contribution is 0.193. The van der Waals surface area contributed by atoms with Crippen LogP contribution in [0.2, 0.25) is 0 Å². The van der Waals surface area contributed by atoms with Crippen LogP contribution in [-0.4, -0.2) is 18.1 Å². The fraction of sp³-hybridized carbons (Fsp3) is 0.769. The Morgan fingerprint density at radius 1 is 0.500 bits per heavy atom. The fourth-order valence-corrected chi connectivity index (χ4v) is 9.88. The smallest absolute Gasteiger partial charge is 0.328 e. The van der Waals surface area contributed by atoms with Gasteiger partial charge in [-0.15, -0.1) is 0 Å². The summed E-state index contributed by atoms with van der Waals surface area (Å²) < 4.78 is 11.1. The predicted molar refractivity (Wildman–Crippen MR) is 247 cm³/mol. The van der Waals surface area contributed by atoms with Gasteiger partial charge in [0.05, 0.1) is 13.2 Å². The van der Waals surface area contributed by atoms with E-state index in [0.29, 0.717) is 19.1 Å². The molecule has 0 amide bonds. The normalized spacial score (nSPS) is 21.7. The Balaban J connectivity index is 1.73. The van der Waals surface area contributed by atoms with E-state index < -0.39 is 8.60 Å². The molecule has 0 unspecified atom stereocenters. The molecule has 4 heteroatoms. The molecule has 5 rings (SSSR count). The van der Waals surface area contributed by atoms with Crippen LogP contribution in [0, 0.1) is 13.8 Å². The molecule has 0 atom stereocenters. The summed E-state index contributed by atoms with van der Waals surface area (Å²) in [7, 11) is -1.71. The van der Waals surface area contributed by atoms with Crippen molar-refractivity contribution in [2.75, 3.05) is 13.2 Å². The van der Waals surface area contributed by atoms with Gasteiger partial charge in [0.25, 0.3) is 0 Å². The zero-order valence-corrected chi connectivity index (χ0v) is 39.3. The van der Waals surface area contributed by atoms with Crippen LogP contribution in [0.25, 0.3) is 0 Å². The van der Waals surface area contributed by atoms with Gasteiger partial charge in [-0.05, 0) is 114 Å². The van der Waals surface area contributed by atoms with Crippen LogP contribution in [0.5, 0.6) is 0 Å². The molecule has 0 aliphatic carbocycles. The van der Waals surface area contributed by atoms with Crippen molar-refractivity contribution in [1.82, 2.24) is 0 Å². The summed E-state index contributed by atoms with van der Waals surface area (Å²) in [5, 5.41) is 0. The highest BCUT2D eigenvalue weighted by atomic mass is 31.2. The molecular weight excluding hydrogens is 704 g/mol. The van der Waals surface area contributed by atoms with Crippen LogP contribution < -0.4 is 0 Å². The summed E-state index contributed by atoms with van der Waals surface area (Å²) in [6.45, 7) is 23.0. The van der Waals surface area contributed by atoms with Gasteiger partial charge >= 0.3 is 8.60 Å². The first-order chi connectivity index (χ1) is 26.8. The number of hydrogen-bond donors (Lipinski definition) is 1. The third-order valence-electron chi connectivity index (χ3n) is 12.5. The molecule has 56 heavy (non-hydrogen) atoms. The Bertz CT molecular complexity index is 1250. The van der Waals surface area contributed by atoms with Crippen molar-refractivity contribution in [3.63, 3.8) is 0 Å². The molecule has 1 N–H and O–H groups in total. The topological polar surface area (TPSA) is 38.7 Å². The van der Waals surface area contributed by atoms with E-state index in [4.69, 9.17) is 9.05 Å². The lowest BCUT2D eigenvalue weighted by Crippen LogP contribution is -2.18. The molecule has 0 aromatic heterocycles. The minimum Gasteiger partial charge on any atom is -0.328 e. The van der Waals surface area contributed by atoms with E-state index in [9.17, 15) is 4.89 Å². The fourth-order valence-electron chi connectivity index (χ4n) is 9.24. The Labute approximate surface area is 349 Å². The second-order valence-corrected chi connectivity index (χ2v) is 20.7. The van der Waals surface area contributed by atoms with Crippen molar-refractivity contribution in [1.29, 1.82) is 0 Å². The number of fused-ring (bicyclic) bond motifs is 2. The van der Waals surface area contributed by atoms with E-state index >= 15 is 0 Å². The van der Waals surface area contributed by atoms with Crippen LogP contribution in [0.15, 0.2) is 24.3 Å². The molecule has 0 saturated carbocycles. The molecule has 2 aromatic rings. The highest BCUT2D eigenvalue weighted by Crippen LogP contribution is 2.41. The van der Waals surface area contributed by atoms with Crippen molar-refractivity contribution < 1.29 is 13.9 Å². The summed E-state index contributed by atoms with van der Waals surface area (Å²) in [5.41, 5.74) is 12.6. The van der Waals surface area contributed by atoms with Gasteiger partial charge in [-0.1, -0.05) is 195 Å². The van der Waals surface area contributed by atoms with Gasteiger partial charge in [-0.3, -0.25) is 0 Å². The Morgan fingerprint density at radius 3 is 1.11 bits per heavy atom. The summed E-state index contributed by atoms with van der Waals surface area (Å²) in [6.07, 6.45) is 33.2. The van der Waals surface area contributed by atoms with Gasteiger partial charge in [0.15, 0.2) is 0 Å². The molecule has 0 fully saturated rings. The molecule has 0 radical (unpaired) electrons. The molecule has 3 nitrogen and oxygen atoms in total. The van der Waals surface area contributed by atoms with Crippen LogP contribution in [-0.2, 0) is 32.7 Å². The van der Waals surface area contributed by atoms with Crippen molar-refractivity contribution >= 4 is 8.60 Å². The molecule has 3 aliphatic rings. The minimum atomic E-state index is -1.71. The number of rotatable bonds is 2. The summed E-state index contributed by atoms with van der Waals surface area (Å²) >= 11 is 0. The molecule has 0 saturated heterocycles. The van der Waals surface area contributed by atoms with Gasteiger partial charge in [-0.2, -0.15) is 0 Å². The van der Waals surface area contributed by atoms with Gasteiger partial charge in [0, 0.05) is 5.92 Å². The lowest BCUT2D eigenvalue weighted by Gasteiger charge is -2.31. The second-order valence-electron chi connectivity index (χ2n) is 19.8.